The summed E-state index contributed by atoms with van der Waals surface area (Å²) in [6, 6.07) is 19.5. The predicted octanol–water partition coefficient (Wildman–Crippen LogP) is 6.39. The van der Waals surface area contributed by atoms with E-state index >= 15 is 0 Å². The summed E-state index contributed by atoms with van der Waals surface area (Å²) < 4.78 is 0. The maximum Gasteiger partial charge on any atom is 0.335 e. The predicted molar refractivity (Wildman–Crippen MR) is 184 cm³/mol. The van der Waals surface area contributed by atoms with E-state index in [1.807, 2.05) is 31.1 Å². The van der Waals surface area contributed by atoms with Crippen molar-refractivity contribution in [3.63, 3.8) is 0 Å². The molecule has 4 amide bonds. The van der Waals surface area contributed by atoms with Crippen molar-refractivity contribution in [3.05, 3.63) is 127 Å². The number of nitrogens with zero attached hydrogens (tertiary/aromatic N) is 4. The van der Waals surface area contributed by atoms with Gasteiger partial charge in [0.2, 0.25) is 0 Å². The molecule has 240 valence electrons. The number of hydrogen-bond donors (Lipinski definition) is 2. The molecule has 0 bridgehead atoms. The molecular formula is C34H22Cl3N5O6. The maximum atomic E-state index is 13.8. The number of rotatable bonds is 6. The SMILES string of the molecule is CN(C)c1ccc(/C=C2/C(=O)N(c3c(Cl)cc(Cl)cc3Cl)N=C2NC(=O)c2cccc(N3C(=O)c4ccc(C(=O)O)cc4C3=O)c2)cc1. The van der Waals surface area contributed by atoms with E-state index in [9.17, 15) is 29.1 Å². The smallest absolute Gasteiger partial charge is 0.335 e. The summed E-state index contributed by atoms with van der Waals surface area (Å²) in [6.07, 6.45) is 1.55. The number of aromatic carboxylic acids is 1. The number of imide groups is 1. The van der Waals surface area contributed by atoms with Crippen molar-refractivity contribution in [1.29, 1.82) is 0 Å². The molecule has 11 nitrogen and oxygen atoms in total. The molecule has 2 aliphatic rings. The highest BCUT2D eigenvalue weighted by Gasteiger charge is 2.38. The lowest BCUT2D eigenvalue weighted by Crippen LogP contribution is -2.32. The molecule has 14 heteroatoms. The number of carbonyl (C=O) groups is 5. The minimum Gasteiger partial charge on any atom is -0.478 e. The second kappa shape index (κ2) is 12.6. The second-order valence-corrected chi connectivity index (χ2v) is 12.1. The Bertz CT molecular complexity index is 2120. The molecule has 4 aromatic carbocycles. The van der Waals surface area contributed by atoms with Crippen molar-refractivity contribution < 1.29 is 29.1 Å². The summed E-state index contributed by atoms with van der Waals surface area (Å²) in [5.41, 5.74) is 1.57. The van der Waals surface area contributed by atoms with Crippen LogP contribution < -0.4 is 20.1 Å². The first-order valence-corrected chi connectivity index (χ1v) is 15.2. The summed E-state index contributed by atoms with van der Waals surface area (Å²) >= 11 is 18.9. The summed E-state index contributed by atoms with van der Waals surface area (Å²) in [4.78, 5) is 68.0. The lowest BCUT2D eigenvalue weighted by molar-refractivity contribution is -0.114. The monoisotopic (exact) mass is 701 g/mol. The van der Waals surface area contributed by atoms with Crippen LogP contribution in [0.5, 0.6) is 0 Å². The summed E-state index contributed by atoms with van der Waals surface area (Å²) in [6.45, 7) is 0. The fourth-order valence-corrected chi connectivity index (χ4v) is 6.11. The number of hydrazone groups is 1. The van der Waals surface area contributed by atoms with Crippen LogP contribution in [-0.2, 0) is 4.79 Å². The highest BCUT2D eigenvalue weighted by atomic mass is 35.5. The van der Waals surface area contributed by atoms with Gasteiger partial charge in [-0.1, -0.05) is 53.0 Å². The van der Waals surface area contributed by atoms with Crippen LogP contribution in [0, 0.1) is 0 Å². The van der Waals surface area contributed by atoms with Gasteiger partial charge in [0.05, 0.1) is 38.0 Å². The number of halogens is 3. The molecule has 6 rings (SSSR count). The van der Waals surface area contributed by atoms with Crippen LogP contribution in [-0.4, -0.2) is 54.6 Å². The highest BCUT2D eigenvalue weighted by Crippen LogP contribution is 2.39. The van der Waals surface area contributed by atoms with Gasteiger partial charge < -0.3 is 15.3 Å². The van der Waals surface area contributed by atoms with Crippen LogP contribution in [0.4, 0.5) is 17.1 Å². The number of carboxylic acids is 1. The van der Waals surface area contributed by atoms with E-state index in [4.69, 9.17) is 34.8 Å². The first-order chi connectivity index (χ1) is 22.8. The van der Waals surface area contributed by atoms with E-state index in [0.29, 0.717) is 5.56 Å². The van der Waals surface area contributed by atoms with Gasteiger partial charge in [-0.25, -0.2) is 9.69 Å². The molecule has 4 aromatic rings. The lowest BCUT2D eigenvalue weighted by atomic mass is 10.1. The van der Waals surface area contributed by atoms with Crippen molar-refractivity contribution in [1.82, 2.24) is 5.32 Å². The zero-order chi connectivity index (χ0) is 34.4. The molecule has 48 heavy (non-hydrogen) atoms. The van der Waals surface area contributed by atoms with E-state index in [0.717, 1.165) is 21.7 Å². The number of nitrogens with one attached hydrogen (secondary N) is 1. The molecule has 0 radical (unpaired) electrons. The van der Waals surface area contributed by atoms with Crippen molar-refractivity contribution >= 4 is 93.4 Å². The van der Waals surface area contributed by atoms with Gasteiger partial charge >= 0.3 is 5.97 Å². The molecule has 0 aliphatic carbocycles. The van der Waals surface area contributed by atoms with Gasteiger partial charge in [-0.2, -0.15) is 5.01 Å². The number of carbonyl (C=O) groups excluding carboxylic acids is 4. The Morgan fingerprint density at radius 2 is 1.48 bits per heavy atom. The molecule has 0 saturated carbocycles. The minimum atomic E-state index is -1.25. The lowest BCUT2D eigenvalue weighted by Gasteiger charge is -2.15. The van der Waals surface area contributed by atoms with Crippen molar-refractivity contribution in [2.75, 3.05) is 28.9 Å². The van der Waals surface area contributed by atoms with E-state index < -0.39 is 29.6 Å². The fourth-order valence-electron chi connectivity index (χ4n) is 5.14. The number of amidine groups is 1. The van der Waals surface area contributed by atoms with E-state index in [2.05, 4.69) is 10.4 Å². The summed E-state index contributed by atoms with van der Waals surface area (Å²) in [5.74, 6) is -4.11. The summed E-state index contributed by atoms with van der Waals surface area (Å²) in [7, 11) is 3.79. The van der Waals surface area contributed by atoms with Crippen LogP contribution in [0.3, 0.4) is 0 Å². The topological polar surface area (TPSA) is 140 Å². The Morgan fingerprint density at radius 1 is 0.812 bits per heavy atom. The number of hydrogen-bond acceptors (Lipinski definition) is 7. The first kappa shape index (κ1) is 32.5. The van der Waals surface area contributed by atoms with Crippen LogP contribution in [0.2, 0.25) is 15.1 Å². The number of carboxylic acid groups (broad SMARTS) is 1. The number of amides is 4. The van der Waals surface area contributed by atoms with E-state index in [1.54, 1.807) is 18.2 Å². The van der Waals surface area contributed by atoms with Crippen LogP contribution in [0.15, 0.2) is 89.5 Å². The standard InChI is InChI=1S/C34H22Cl3N5O6/c1-40(2)21-9-6-17(7-10-21)12-25-29(39-42(33(25)46)28-26(36)15-20(35)16-27(28)37)38-30(43)18-4-3-5-22(13-18)41-31(44)23-11-8-19(34(47)48)14-24(23)32(41)45/h3-16H,1-2H3,(H,47,48)(H,38,39,43)/b25-12+. The number of anilines is 3. The van der Waals surface area contributed by atoms with Crippen molar-refractivity contribution in [2.24, 2.45) is 5.10 Å². The fraction of sp³-hybridized carbons (Fsp3) is 0.0588. The van der Waals surface area contributed by atoms with Crippen molar-refractivity contribution in [2.45, 2.75) is 0 Å². The second-order valence-electron chi connectivity index (χ2n) is 10.8. The molecule has 2 N–H and O–H groups in total. The molecule has 0 aromatic heterocycles. The average molecular weight is 703 g/mol. The zero-order valence-electron chi connectivity index (χ0n) is 25.0. The Balaban J connectivity index is 1.34. The Hall–Kier alpha value is -5.49. The molecule has 2 heterocycles. The average Bonchev–Trinajstić information content (AvgIpc) is 3.47. The van der Waals surface area contributed by atoms with Gasteiger partial charge in [-0.3, -0.25) is 19.2 Å². The molecule has 0 unspecified atom stereocenters. The van der Waals surface area contributed by atoms with E-state index in [-0.39, 0.29) is 60.1 Å². The highest BCUT2D eigenvalue weighted by molar-refractivity contribution is 6.44. The van der Waals surface area contributed by atoms with Crippen molar-refractivity contribution in [3.8, 4) is 0 Å². The summed E-state index contributed by atoms with van der Waals surface area (Å²) in [5, 5.41) is 17.7. The molecule has 2 aliphatic heterocycles. The van der Waals surface area contributed by atoms with Gasteiger partial charge in [0, 0.05) is 30.4 Å². The minimum absolute atomic E-state index is 0.0220. The molecule has 0 spiro atoms. The van der Waals surface area contributed by atoms with Gasteiger partial charge in [0.25, 0.3) is 23.6 Å². The molecule has 0 fully saturated rings. The third-order valence-electron chi connectivity index (χ3n) is 7.52. The molecule has 0 saturated heterocycles. The Morgan fingerprint density at radius 3 is 2.12 bits per heavy atom. The van der Waals surface area contributed by atoms with Gasteiger partial charge in [0.15, 0.2) is 5.84 Å². The number of fused-ring (bicyclic) bond motifs is 1. The van der Waals surface area contributed by atoms with Crippen LogP contribution in [0.25, 0.3) is 6.08 Å². The largest absolute Gasteiger partial charge is 0.478 e. The van der Waals surface area contributed by atoms with Gasteiger partial charge in [0.1, 0.15) is 5.69 Å². The zero-order valence-corrected chi connectivity index (χ0v) is 27.3. The van der Waals surface area contributed by atoms with Crippen LogP contribution in [0.1, 0.15) is 47.0 Å². The quantitative estimate of drug-likeness (QED) is 0.175. The molecular weight excluding hydrogens is 681 g/mol. The maximum absolute atomic E-state index is 13.8. The van der Waals surface area contributed by atoms with Gasteiger partial charge in [-0.05, 0) is 72.3 Å². The number of benzene rings is 4. The Labute approximate surface area is 288 Å². The van der Waals surface area contributed by atoms with Gasteiger partial charge in [-0.15, -0.1) is 5.10 Å². The third kappa shape index (κ3) is 5.90. The third-order valence-corrected chi connectivity index (χ3v) is 8.32. The Kier molecular flexibility index (Phi) is 8.52. The van der Waals surface area contributed by atoms with Crippen LogP contribution >= 0.6 is 34.8 Å². The first-order valence-electron chi connectivity index (χ1n) is 14.1. The molecule has 0 atom stereocenters. The van der Waals surface area contributed by atoms with E-state index in [1.165, 1.54) is 48.5 Å². The normalized spacial score (nSPS) is 14.8.